The highest BCUT2D eigenvalue weighted by molar-refractivity contribution is 7.47. The predicted molar refractivity (Wildman–Crippen MR) is 304 cm³/mol. The van der Waals surface area contributed by atoms with Crippen LogP contribution in [0.2, 0.25) is 0 Å². The third-order valence-corrected chi connectivity index (χ3v) is 13.3. The third kappa shape index (κ3) is 51.9. The fourth-order valence-corrected chi connectivity index (χ4v) is 8.62. The topological polar surface area (TPSA) is 111 Å². The number of allylic oxidation sites excluding steroid dienone is 13. The van der Waals surface area contributed by atoms with Crippen molar-refractivity contribution >= 4 is 19.7 Å². The normalized spacial score (nSPS) is 14.4. The number of quaternary nitrogens is 1. The number of nitrogens with zero attached hydrogens (tertiary/aromatic N) is 1. The first kappa shape index (κ1) is 68.2. The van der Waals surface area contributed by atoms with Crippen LogP contribution < -0.4 is 5.32 Å². The summed E-state index contributed by atoms with van der Waals surface area (Å²) in [6.07, 6.45) is 65.8. The molecular formula is C61H110N2O7P+. The third-order valence-electron chi connectivity index (χ3n) is 12.3. The first-order valence-corrected chi connectivity index (χ1v) is 30.4. The molecule has 0 aliphatic carbocycles. The second kappa shape index (κ2) is 50.7. The molecule has 1 amide bonds. The number of amides is 1. The number of hydrogen-bond donors (Lipinski definition) is 2. The summed E-state index contributed by atoms with van der Waals surface area (Å²) in [5.41, 5.74) is 0. The summed E-state index contributed by atoms with van der Waals surface area (Å²) in [6.45, 7) is 6.85. The maximum atomic E-state index is 13.5. The molecule has 0 spiro atoms. The van der Waals surface area contributed by atoms with Gasteiger partial charge in [-0.3, -0.25) is 18.6 Å². The zero-order chi connectivity index (χ0) is 52.2. The number of ether oxygens (including phenoxy) is 1. The molecule has 0 radical (unpaired) electrons. The Labute approximate surface area is 437 Å². The molecule has 0 rings (SSSR count). The van der Waals surface area contributed by atoms with E-state index in [1.165, 1.54) is 109 Å². The van der Waals surface area contributed by atoms with Crippen LogP contribution in [0.5, 0.6) is 0 Å². The van der Waals surface area contributed by atoms with Crippen LogP contribution in [0.15, 0.2) is 85.1 Å². The molecule has 0 bridgehead atoms. The van der Waals surface area contributed by atoms with E-state index in [9.17, 15) is 19.0 Å². The van der Waals surface area contributed by atoms with Crippen molar-refractivity contribution < 1.29 is 37.3 Å². The van der Waals surface area contributed by atoms with Crippen molar-refractivity contribution in [1.82, 2.24) is 5.32 Å². The molecule has 0 aromatic carbocycles. The van der Waals surface area contributed by atoms with Gasteiger partial charge in [-0.15, -0.1) is 0 Å². The highest BCUT2D eigenvalue weighted by Gasteiger charge is 2.30. The fraction of sp³-hybridized carbons (Fsp3) is 0.738. The average Bonchev–Trinajstić information content (AvgIpc) is 3.33. The van der Waals surface area contributed by atoms with Crippen molar-refractivity contribution in [3.8, 4) is 0 Å². The number of unbranched alkanes of at least 4 members (excludes halogenated alkanes) is 23. The first-order chi connectivity index (χ1) is 34.4. The molecule has 0 fully saturated rings. The molecule has 0 heterocycles. The number of likely N-dealkylation sites (N-methyl/N-ethyl adjacent to an activating group) is 1. The summed E-state index contributed by atoms with van der Waals surface area (Å²) < 4.78 is 30.6. The number of phosphoric ester groups is 1. The van der Waals surface area contributed by atoms with E-state index in [0.29, 0.717) is 17.4 Å². The summed E-state index contributed by atoms with van der Waals surface area (Å²) in [4.78, 5) is 37.5. The van der Waals surface area contributed by atoms with Crippen molar-refractivity contribution in [2.24, 2.45) is 0 Å². The Hall–Kier alpha value is -2.81. The van der Waals surface area contributed by atoms with Gasteiger partial charge in [-0.2, -0.15) is 0 Å². The van der Waals surface area contributed by atoms with Gasteiger partial charge in [0.1, 0.15) is 19.3 Å². The van der Waals surface area contributed by atoms with Crippen LogP contribution in [0.1, 0.15) is 239 Å². The lowest BCUT2D eigenvalue weighted by molar-refractivity contribution is -0.870. The zero-order valence-corrected chi connectivity index (χ0v) is 47.6. The van der Waals surface area contributed by atoms with Crippen molar-refractivity contribution in [1.29, 1.82) is 0 Å². The number of esters is 1. The molecule has 0 aromatic rings. The summed E-state index contributed by atoms with van der Waals surface area (Å²) >= 11 is 0. The smallest absolute Gasteiger partial charge is 0.456 e. The number of hydrogen-bond acceptors (Lipinski definition) is 6. The molecule has 9 nitrogen and oxygen atoms in total. The van der Waals surface area contributed by atoms with Gasteiger partial charge in [-0.1, -0.05) is 228 Å². The molecule has 3 atom stereocenters. The first-order valence-electron chi connectivity index (χ1n) is 28.9. The second-order valence-electron chi connectivity index (χ2n) is 20.4. The van der Waals surface area contributed by atoms with Crippen molar-refractivity contribution in [2.75, 3.05) is 40.9 Å². The van der Waals surface area contributed by atoms with Gasteiger partial charge < -0.3 is 19.4 Å². The minimum Gasteiger partial charge on any atom is -0.456 e. The lowest BCUT2D eigenvalue weighted by atomic mass is 10.0. The van der Waals surface area contributed by atoms with Gasteiger partial charge >= 0.3 is 13.8 Å². The van der Waals surface area contributed by atoms with Crippen molar-refractivity contribution in [2.45, 2.75) is 251 Å². The van der Waals surface area contributed by atoms with E-state index in [1.54, 1.807) is 0 Å². The van der Waals surface area contributed by atoms with Crippen LogP contribution in [-0.2, 0) is 27.9 Å². The van der Waals surface area contributed by atoms with E-state index in [2.05, 4.69) is 99.0 Å². The van der Waals surface area contributed by atoms with Crippen LogP contribution in [0.3, 0.4) is 0 Å². The van der Waals surface area contributed by atoms with E-state index in [0.717, 1.165) is 89.9 Å². The minimum atomic E-state index is -4.46. The Bertz CT molecular complexity index is 1490. The monoisotopic (exact) mass is 1010 g/mol. The second-order valence-corrected chi connectivity index (χ2v) is 21.9. The molecule has 0 aliphatic heterocycles. The number of nitrogens with one attached hydrogen (secondary N) is 1. The molecule has 2 N–H and O–H groups in total. The minimum absolute atomic E-state index is 0.0290. The van der Waals surface area contributed by atoms with E-state index in [4.69, 9.17) is 13.8 Å². The van der Waals surface area contributed by atoms with Crippen LogP contribution in [0.25, 0.3) is 0 Å². The fourth-order valence-electron chi connectivity index (χ4n) is 7.88. The number of carbonyl (C=O) groups excluding carboxylic acids is 2. The Balaban J connectivity index is 5.36. The van der Waals surface area contributed by atoms with Gasteiger partial charge in [0.15, 0.2) is 0 Å². The average molecular weight is 1010 g/mol. The largest absolute Gasteiger partial charge is 0.472 e. The lowest BCUT2D eigenvalue weighted by Gasteiger charge is -2.27. The molecule has 0 aliphatic rings. The highest BCUT2D eigenvalue weighted by Crippen LogP contribution is 2.43. The SMILES string of the molecule is CC/C=C\C/C=C\C/C=C\C/C=C\C/C=C\C/C=C\CCCCC(=O)NC(COP(=O)(O)OCC[N+](C)(C)C)C(/C=C\CCCCCCCCCCC)OC(=O)CCCCCCCCCCCCCCC. The Morgan fingerprint density at radius 1 is 0.507 bits per heavy atom. The van der Waals surface area contributed by atoms with Crippen LogP contribution in [0.4, 0.5) is 0 Å². The summed E-state index contributed by atoms with van der Waals surface area (Å²) in [6, 6.07) is -0.872. The Kier molecular flexibility index (Phi) is 48.7. The number of phosphoric acid groups is 1. The maximum absolute atomic E-state index is 13.5. The molecular weight excluding hydrogens is 904 g/mol. The molecule has 3 unspecified atom stereocenters. The molecule has 0 saturated carbocycles. The zero-order valence-electron chi connectivity index (χ0n) is 46.7. The number of rotatable bonds is 51. The standard InChI is InChI=1S/C61H109N2O7P/c1-7-10-13-16-19-22-25-27-28-29-30-31-32-33-34-36-38-41-44-47-50-53-60(64)62-58(57-69-71(66,67)68-56-55-63(4,5)6)59(52-49-46-43-40-37-24-21-18-15-12-9-3)70-61(65)54-51-48-45-42-39-35-26-23-20-17-14-11-8-2/h10,13,19,22,27-28,30-31,33-34,38,41,49,52,58-59H,7-9,11-12,14-18,20-21,23-26,29,32,35-37,39-40,42-48,50-51,53-57H2,1-6H3,(H-,62,64,66,67)/p+1/b13-10-,22-19-,28-27-,31-30-,34-33-,41-38-,52-49-. The summed E-state index contributed by atoms with van der Waals surface area (Å²) in [5, 5.41) is 3.02. The van der Waals surface area contributed by atoms with Gasteiger partial charge in [0, 0.05) is 12.8 Å². The van der Waals surface area contributed by atoms with Crippen LogP contribution >= 0.6 is 7.82 Å². The Morgan fingerprint density at radius 2 is 0.901 bits per heavy atom. The van der Waals surface area contributed by atoms with Gasteiger partial charge in [0.2, 0.25) is 5.91 Å². The summed E-state index contributed by atoms with van der Waals surface area (Å²) in [7, 11) is 1.46. The van der Waals surface area contributed by atoms with Crippen molar-refractivity contribution in [3.63, 3.8) is 0 Å². The highest BCUT2D eigenvalue weighted by atomic mass is 31.2. The van der Waals surface area contributed by atoms with Gasteiger partial charge in [0.25, 0.3) is 0 Å². The molecule has 71 heavy (non-hydrogen) atoms. The van der Waals surface area contributed by atoms with E-state index < -0.39 is 20.0 Å². The van der Waals surface area contributed by atoms with Gasteiger partial charge in [-0.05, 0) is 83.1 Å². The maximum Gasteiger partial charge on any atom is 0.472 e. The molecule has 0 saturated heterocycles. The van der Waals surface area contributed by atoms with Crippen LogP contribution in [-0.4, -0.2) is 74.3 Å². The lowest BCUT2D eigenvalue weighted by Crippen LogP contribution is -2.47. The van der Waals surface area contributed by atoms with Crippen molar-refractivity contribution in [3.05, 3.63) is 85.1 Å². The van der Waals surface area contributed by atoms with E-state index >= 15 is 0 Å². The number of carbonyl (C=O) groups is 2. The molecule has 410 valence electrons. The predicted octanol–water partition coefficient (Wildman–Crippen LogP) is 17.4. The van der Waals surface area contributed by atoms with Gasteiger partial charge in [0.05, 0.1) is 33.8 Å². The quantitative estimate of drug-likeness (QED) is 0.0205. The molecule has 0 aromatic heterocycles. The van der Waals surface area contributed by atoms with E-state index in [1.807, 2.05) is 33.3 Å². The summed E-state index contributed by atoms with van der Waals surface area (Å²) in [5.74, 6) is -0.558. The van der Waals surface area contributed by atoms with Crippen LogP contribution in [0, 0.1) is 0 Å². The molecule has 10 heteroatoms. The van der Waals surface area contributed by atoms with Gasteiger partial charge in [-0.25, -0.2) is 4.57 Å². The Morgan fingerprint density at radius 3 is 1.37 bits per heavy atom. The van der Waals surface area contributed by atoms with E-state index in [-0.39, 0.29) is 37.9 Å².